The molecule has 1 atom stereocenters. The molecule has 5 aromatic rings. The fourth-order valence-electron chi connectivity index (χ4n) is 6.06. The summed E-state index contributed by atoms with van der Waals surface area (Å²) in [5, 5.41) is 7.68. The van der Waals surface area contributed by atoms with Crippen LogP contribution in [0.15, 0.2) is 137 Å². The second kappa shape index (κ2) is 10.6. The van der Waals surface area contributed by atoms with Gasteiger partial charge in [-0.05, 0) is 65.9 Å². The summed E-state index contributed by atoms with van der Waals surface area (Å²) in [7, 11) is 0. The van der Waals surface area contributed by atoms with E-state index < -0.39 is 8.95 Å². The molecule has 0 saturated carbocycles. The number of hydrazone groups is 1. The Hall–Kier alpha value is -3.58. The maximum atomic E-state index is 13.9. The number of ketones is 1. The lowest BCUT2D eigenvalue weighted by atomic mass is 9.79. The molecule has 5 aromatic carbocycles. The van der Waals surface area contributed by atoms with Crippen molar-refractivity contribution in [1.29, 1.82) is 0 Å². The van der Waals surface area contributed by atoms with Crippen LogP contribution in [0.5, 0.6) is 0 Å². The number of rotatable bonds is 5. The first-order chi connectivity index (χ1) is 20.4. The number of benzene rings is 5. The molecule has 0 aliphatic carbocycles. The lowest BCUT2D eigenvalue weighted by Crippen LogP contribution is -2.34. The molecule has 1 spiro atoms. The van der Waals surface area contributed by atoms with Crippen molar-refractivity contribution in [1.82, 2.24) is 0 Å². The van der Waals surface area contributed by atoms with Crippen molar-refractivity contribution in [3.63, 3.8) is 0 Å². The Balaban J connectivity index is 1.51. The maximum absolute atomic E-state index is 13.9. The van der Waals surface area contributed by atoms with Crippen LogP contribution >= 0.6 is 39.5 Å². The Kier molecular flexibility index (Phi) is 6.88. The number of anilines is 1. The van der Waals surface area contributed by atoms with Gasteiger partial charge in [0.25, 0.3) is 0 Å². The van der Waals surface area contributed by atoms with Crippen molar-refractivity contribution in [3.8, 4) is 0 Å². The van der Waals surface area contributed by atoms with E-state index >= 15 is 0 Å². The molecule has 6 heteroatoms. The van der Waals surface area contributed by atoms with E-state index in [-0.39, 0.29) is 5.78 Å². The minimum atomic E-state index is -0.727. The number of hydrogen-bond donors (Lipinski definition) is 0. The van der Waals surface area contributed by atoms with Crippen molar-refractivity contribution in [2.45, 2.75) is 22.8 Å². The van der Waals surface area contributed by atoms with Crippen LogP contribution in [0.25, 0.3) is 0 Å². The van der Waals surface area contributed by atoms with Gasteiger partial charge in [-0.1, -0.05) is 143 Å². The van der Waals surface area contributed by atoms with Crippen LogP contribution in [0.3, 0.4) is 0 Å². The minimum absolute atomic E-state index is 0.0676. The maximum Gasteiger partial charge on any atom is 0.219 e. The van der Waals surface area contributed by atoms with E-state index in [2.05, 4.69) is 120 Å². The first-order valence-corrected chi connectivity index (χ1v) is 16.2. The fourth-order valence-corrected chi connectivity index (χ4v) is 10.1. The molecule has 0 radical (unpaired) electrons. The first-order valence-electron chi connectivity index (χ1n) is 13.8. The van der Waals surface area contributed by atoms with E-state index in [1.54, 1.807) is 11.8 Å². The second-order valence-corrected chi connectivity index (χ2v) is 14.3. The summed E-state index contributed by atoms with van der Waals surface area (Å²) in [6.07, 6.45) is 0. The molecule has 0 N–H and O–H groups in total. The summed E-state index contributed by atoms with van der Waals surface area (Å²) in [5.74, 6) is -0.0676. The molecule has 2 aliphatic rings. The molecule has 2 heterocycles. The van der Waals surface area contributed by atoms with Crippen molar-refractivity contribution in [2.75, 3.05) is 5.01 Å². The van der Waals surface area contributed by atoms with Crippen LogP contribution in [0, 0.1) is 13.8 Å². The van der Waals surface area contributed by atoms with E-state index in [4.69, 9.17) is 5.10 Å². The number of hydrogen-bond acceptors (Lipinski definition) is 5. The van der Waals surface area contributed by atoms with Crippen LogP contribution in [0.2, 0.25) is 0 Å². The zero-order valence-corrected chi connectivity index (χ0v) is 26.3. The summed E-state index contributed by atoms with van der Waals surface area (Å²) in [6, 6.07) is 43.7. The van der Waals surface area contributed by atoms with Crippen molar-refractivity contribution >= 4 is 56.0 Å². The number of Topliss-reactive ketones (excluding diaryl/α,β-unsaturated/α-hetero) is 1. The minimum Gasteiger partial charge on any atom is -0.286 e. The summed E-state index contributed by atoms with van der Waals surface area (Å²) in [6.45, 7) is 4.39. The Bertz CT molecular complexity index is 1810. The Labute approximate surface area is 263 Å². The van der Waals surface area contributed by atoms with Gasteiger partial charge < -0.3 is 0 Å². The van der Waals surface area contributed by atoms with Gasteiger partial charge in [0.15, 0.2) is 9.25 Å². The van der Waals surface area contributed by atoms with Gasteiger partial charge in [-0.2, -0.15) is 5.10 Å². The number of carbonyl (C=O) groups excluding carboxylic acids is 1. The van der Waals surface area contributed by atoms with Crippen LogP contribution in [-0.4, -0.2) is 10.8 Å². The van der Waals surface area contributed by atoms with E-state index in [0.29, 0.717) is 10.6 Å². The number of thioether (sulfide) groups is 2. The van der Waals surface area contributed by atoms with Crippen LogP contribution in [0.4, 0.5) is 5.69 Å². The highest BCUT2D eigenvalue weighted by molar-refractivity contribution is 9.10. The molecule has 3 nitrogen and oxygen atoms in total. The standard InChI is InChI=1S/C36H27BrN2OS2/c1-24-12-6-8-16-29(24)35(30-17-9-7-13-25(30)2)31-18-10-11-19-32(31)36(42-35)39(28-22-20-27(37)21-23-28)38-34(41-36)33(40)26-14-4-3-5-15-26/h3-23H,1-2H3/t36-/m1/s1. The molecule has 0 unspecified atom stereocenters. The zero-order chi connectivity index (χ0) is 28.9. The molecule has 0 amide bonds. The molecule has 2 aliphatic heterocycles. The average molecular weight is 648 g/mol. The molecule has 206 valence electrons. The van der Waals surface area contributed by atoms with Gasteiger partial charge in [0.2, 0.25) is 5.78 Å². The predicted octanol–water partition coefficient (Wildman–Crippen LogP) is 9.66. The van der Waals surface area contributed by atoms with Gasteiger partial charge in [0.1, 0.15) is 0 Å². The molecule has 7 rings (SSSR count). The molecule has 42 heavy (non-hydrogen) atoms. The highest BCUT2D eigenvalue weighted by atomic mass is 79.9. The van der Waals surface area contributed by atoms with Crippen LogP contribution in [0.1, 0.15) is 43.7 Å². The number of aryl methyl sites for hydroxylation is 2. The van der Waals surface area contributed by atoms with Crippen LogP contribution < -0.4 is 5.01 Å². The van der Waals surface area contributed by atoms with E-state index in [1.807, 2.05) is 54.2 Å². The number of halogens is 1. The van der Waals surface area contributed by atoms with Crippen molar-refractivity contribution in [2.24, 2.45) is 5.10 Å². The highest BCUT2D eigenvalue weighted by Gasteiger charge is 2.62. The quantitative estimate of drug-likeness (QED) is 0.178. The van der Waals surface area contributed by atoms with E-state index in [9.17, 15) is 4.79 Å². The third-order valence-electron chi connectivity index (χ3n) is 7.99. The molecular formula is C36H27BrN2OS2. The monoisotopic (exact) mass is 646 g/mol. The smallest absolute Gasteiger partial charge is 0.219 e. The summed E-state index contributed by atoms with van der Waals surface area (Å²) in [4.78, 5) is 13.9. The van der Waals surface area contributed by atoms with Gasteiger partial charge in [0.05, 0.1) is 10.4 Å². The largest absolute Gasteiger partial charge is 0.286 e. The Morgan fingerprint density at radius 1 is 0.667 bits per heavy atom. The second-order valence-electron chi connectivity index (χ2n) is 10.5. The van der Waals surface area contributed by atoms with E-state index in [0.717, 1.165) is 15.7 Å². The third-order valence-corrected chi connectivity index (χ3v) is 11.8. The van der Waals surface area contributed by atoms with Crippen molar-refractivity contribution in [3.05, 3.63) is 171 Å². The molecule has 0 saturated heterocycles. The normalized spacial score (nSPS) is 18.6. The predicted molar refractivity (Wildman–Crippen MR) is 180 cm³/mol. The highest BCUT2D eigenvalue weighted by Crippen LogP contribution is 2.71. The van der Waals surface area contributed by atoms with Gasteiger partial charge in [-0.3, -0.25) is 4.79 Å². The van der Waals surface area contributed by atoms with Gasteiger partial charge in [-0.15, -0.1) is 0 Å². The van der Waals surface area contributed by atoms with Crippen molar-refractivity contribution < 1.29 is 4.79 Å². The molecule has 0 aromatic heterocycles. The molecule has 0 bridgehead atoms. The summed E-state index contributed by atoms with van der Waals surface area (Å²) < 4.78 is -0.269. The number of carbonyl (C=O) groups is 1. The SMILES string of the molecule is Cc1ccccc1C1(c2ccccc2C)S[C@]2(SC(C(=O)c3ccccc3)=NN2c2ccc(Br)cc2)c2ccccc21. The average Bonchev–Trinajstić information content (AvgIpc) is 3.55. The molecular weight excluding hydrogens is 620 g/mol. The lowest BCUT2D eigenvalue weighted by molar-refractivity contribution is 0.106. The van der Waals surface area contributed by atoms with E-state index in [1.165, 1.54) is 27.8 Å². The van der Waals surface area contributed by atoms with Gasteiger partial charge in [0, 0.05) is 15.6 Å². The lowest BCUT2D eigenvalue weighted by Gasteiger charge is -2.38. The first kappa shape index (κ1) is 27.3. The fraction of sp³-hybridized carbons (Fsp3) is 0.111. The number of nitrogens with zero attached hydrogens (tertiary/aromatic N) is 2. The summed E-state index contributed by atoms with van der Waals surface area (Å²) in [5.41, 5.74) is 8.86. The third kappa shape index (κ3) is 4.19. The molecule has 0 fully saturated rings. The summed E-state index contributed by atoms with van der Waals surface area (Å²) >= 11 is 7.02. The number of fused-ring (bicyclic) bond motifs is 2. The topological polar surface area (TPSA) is 32.7 Å². The zero-order valence-electron chi connectivity index (χ0n) is 23.1. The van der Waals surface area contributed by atoms with Gasteiger partial charge >= 0.3 is 0 Å². The van der Waals surface area contributed by atoms with Crippen LogP contribution in [-0.2, 0) is 8.95 Å². The Morgan fingerprint density at radius 2 is 1.19 bits per heavy atom. The van der Waals surface area contributed by atoms with Gasteiger partial charge in [-0.25, -0.2) is 5.01 Å². The Morgan fingerprint density at radius 3 is 1.79 bits per heavy atom.